The van der Waals surface area contributed by atoms with Gasteiger partial charge in [-0.05, 0) is 12.8 Å². The summed E-state index contributed by atoms with van der Waals surface area (Å²) in [5.41, 5.74) is 0. The molecule has 0 aromatic heterocycles. The largest absolute Gasteiger partial charge is 0.291 e. The standard InChI is InChI=1S/C20H39O/c1-3-5-7-9-11-12-14-16-18-20(19-21)17-15-13-10-8-6-4-2/h20H,3-18H2,1-2H3. The zero-order valence-electron chi connectivity index (χ0n) is 14.8. The quantitative estimate of drug-likeness (QED) is 0.264. The molecule has 0 rings (SSSR count). The van der Waals surface area contributed by atoms with Gasteiger partial charge in [0.25, 0.3) is 0 Å². The first-order chi connectivity index (χ1) is 10.3. The van der Waals surface area contributed by atoms with Crippen molar-refractivity contribution in [1.29, 1.82) is 0 Å². The fraction of sp³-hybridized carbons (Fsp3) is 0.950. The number of hydrogen-bond acceptors (Lipinski definition) is 1. The van der Waals surface area contributed by atoms with Crippen molar-refractivity contribution in [1.82, 2.24) is 0 Å². The third kappa shape index (κ3) is 15.9. The van der Waals surface area contributed by atoms with E-state index >= 15 is 0 Å². The highest BCUT2D eigenvalue weighted by Gasteiger charge is 2.07. The van der Waals surface area contributed by atoms with Crippen LogP contribution in [0.15, 0.2) is 0 Å². The molecule has 1 heteroatoms. The second-order valence-corrected chi connectivity index (χ2v) is 6.63. The molecule has 0 aliphatic carbocycles. The van der Waals surface area contributed by atoms with Crippen molar-refractivity contribution in [2.45, 2.75) is 117 Å². The van der Waals surface area contributed by atoms with Gasteiger partial charge < -0.3 is 0 Å². The van der Waals surface area contributed by atoms with E-state index in [4.69, 9.17) is 0 Å². The minimum Gasteiger partial charge on any atom is -0.291 e. The minimum absolute atomic E-state index is 0.219. The summed E-state index contributed by atoms with van der Waals surface area (Å²) in [6, 6.07) is 0. The smallest absolute Gasteiger partial charge is 0.201 e. The molecule has 0 aliphatic heterocycles. The number of rotatable bonds is 17. The van der Waals surface area contributed by atoms with Crippen LogP contribution in [-0.4, -0.2) is 6.29 Å². The van der Waals surface area contributed by atoms with E-state index in [-0.39, 0.29) is 5.92 Å². The van der Waals surface area contributed by atoms with Gasteiger partial charge in [0.05, 0.1) is 0 Å². The predicted octanol–water partition coefficient (Wildman–Crippen LogP) is 6.99. The summed E-state index contributed by atoms with van der Waals surface area (Å²) in [6.45, 7) is 4.51. The van der Waals surface area contributed by atoms with Crippen LogP contribution in [0.25, 0.3) is 0 Å². The Morgan fingerprint density at radius 2 is 0.905 bits per heavy atom. The molecule has 0 spiro atoms. The lowest BCUT2D eigenvalue weighted by Gasteiger charge is -2.09. The second-order valence-electron chi connectivity index (χ2n) is 6.63. The van der Waals surface area contributed by atoms with E-state index in [0.29, 0.717) is 0 Å². The minimum atomic E-state index is 0.219. The number of hydrogen-bond donors (Lipinski definition) is 0. The molecular formula is C20H39O. The van der Waals surface area contributed by atoms with Gasteiger partial charge in [-0.15, -0.1) is 0 Å². The molecule has 0 heterocycles. The molecule has 125 valence electrons. The van der Waals surface area contributed by atoms with Crippen molar-refractivity contribution in [3.63, 3.8) is 0 Å². The molecule has 0 amide bonds. The van der Waals surface area contributed by atoms with Crippen molar-refractivity contribution >= 4 is 6.29 Å². The topological polar surface area (TPSA) is 17.1 Å². The highest BCUT2D eigenvalue weighted by molar-refractivity contribution is 5.54. The molecule has 1 atom stereocenters. The molecule has 0 fully saturated rings. The highest BCUT2D eigenvalue weighted by Crippen LogP contribution is 2.17. The zero-order valence-corrected chi connectivity index (χ0v) is 14.8. The van der Waals surface area contributed by atoms with E-state index < -0.39 is 0 Å². The van der Waals surface area contributed by atoms with E-state index in [9.17, 15) is 4.79 Å². The summed E-state index contributed by atoms with van der Waals surface area (Å²) in [7, 11) is 0. The van der Waals surface area contributed by atoms with Gasteiger partial charge in [-0.25, -0.2) is 0 Å². The Balaban J connectivity index is 3.30. The van der Waals surface area contributed by atoms with Crippen LogP contribution in [0.5, 0.6) is 0 Å². The van der Waals surface area contributed by atoms with E-state index in [2.05, 4.69) is 20.1 Å². The normalized spacial score (nSPS) is 12.5. The molecule has 0 aromatic carbocycles. The lowest BCUT2D eigenvalue weighted by Crippen LogP contribution is -2.02. The van der Waals surface area contributed by atoms with Crippen LogP contribution in [0.1, 0.15) is 117 Å². The average Bonchev–Trinajstić information content (AvgIpc) is 2.51. The van der Waals surface area contributed by atoms with Crippen molar-refractivity contribution in [3.05, 3.63) is 0 Å². The third-order valence-corrected chi connectivity index (χ3v) is 4.48. The predicted molar refractivity (Wildman–Crippen MR) is 94.4 cm³/mol. The van der Waals surface area contributed by atoms with E-state index in [1.807, 2.05) is 0 Å². The van der Waals surface area contributed by atoms with Gasteiger partial charge in [0.1, 0.15) is 0 Å². The molecule has 0 N–H and O–H groups in total. The molecule has 1 nitrogen and oxygen atoms in total. The molecule has 0 aromatic rings. The molecule has 1 unspecified atom stereocenters. The lowest BCUT2D eigenvalue weighted by atomic mass is 9.95. The Labute approximate surface area is 134 Å². The van der Waals surface area contributed by atoms with Crippen molar-refractivity contribution in [2.24, 2.45) is 5.92 Å². The monoisotopic (exact) mass is 295 g/mol. The van der Waals surface area contributed by atoms with E-state index in [1.165, 1.54) is 89.9 Å². The average molecular weight is 296 g/mol. The lowest BCUT2D eigenvalue weighted by molar-refractivity contribution is 0.450. The third-order valence-electron chi connectivity index (χ3n) is 4.48. The van der Waals surface area contributed by atoms with Crippen LogP contribution >= 0.6 is 0 Å². The summed E-state index contributed by atoms with van der Waals surface area (Å²) in [5.74, 6) is 0.219. The Morgan fingerprint density at radius 3 is 1.24 bits per heavy atom. The first-order valence-corrected chi connectivity index (χ1v) is 9.72. The van der Waals surface area contributed by atoms with Crippen molar-refractivity contribution in [3.8, 4) is 0 Å². The van der Waals surface area contributed by atoms with Gasteiger partial charge >= 0.3 is 0 Å². The SMILES string of the molecule is CCCCCCCCCCC([C]=O)CCCCCCCC. The molecule has 0 aliphatic rings. The molecule has 0 saturated heterocycles. The molecule has 0 saturated carbocycles. The van der Waals surface area contributed by atoms with Crippen LogP contribution in [0, 0.1) is 5.92 Å². The molecule has 0 bridgehead atoms. The van der Waals surface area contributed by atoms with Crippen molar-refractivity contribution in [2.75, 3.05) is 0 Å². The van der Waals surface area contributed by atoms with Gasteiger partial charge in [-0.3, -0.25) is 4.79 Å². The maximum Gasteiger partial charge on any atom is 0.201 e. The number of unbranched alkanes of at least 4 members (excludes halogenated alkanes) is 12. The summed E-state index contributed by atoms with van der Waals surface area (Å²) < 4.78 is 0. The van der Waals surface area contributed by atoms with E-state index in [1.54, 1.807) is 0 Å². The van der Waals surface area contributed by atoms with Gasteiger partial charge in [0.15, 0.2) is 0 Å². The maximum atomic E-state index is 11.0. The summed E-state index contributed by atoms with van der Waals surface area (Å²) >= 11 is 0. The zero-order chi connectivity index (χ0) is 15.6. The van der Waals surface area contributed by atoms with Gasteiger partial charge in [0.2, 0.25) is 6.29 Å². The molecule has 1 radical (unpaired) electrons. The van der Waals surface area contributed by atoms with Gasteiger partial charge in [-0.1, -0.05) is 104 Å². The fourth-order valence-corrected chi connectivity index (χ4v) is 2.96. The van der Waals surface area contributed by atoms with Gasteiger partial charge in [0, 0.05) is 5.92 Å². The Morgan fingerprint density at radius 1 is 0.571 bits per heavy atom. The first-order valence-electron chi connectivity index (χ1n) is 9.72. The summed E-state index contributed by atoms with van der Waals surface area (Å²) in [4.78, 5) is 11.0. The second kappa shape index (κ2) is 17.7. The Kier molecular flexibility index (Phi) is 17.4. The highest BCUT2D eigenvalue weighted by atomic mass is 16.1. The summed E-state index contributed by atoms with van der Waals surface area (Å²) in [6.07, 6.45) is 23.1. The van der Waals surface area contributed by atoms with Gasteiger partial charge in [-0.2, -0.15) is 0 Å². The van der Waals surface area contributed by atoms with Crippen LogP contribution in [0.4, 0.5) is 0 Å². The Hall–Kier alpha value is -0.330. The fourth-order valence-electron chi connectivity index (χ4n) is 2.96. The molecule has 21 heavy (non-hydrogen) atoms. The van der Waals surface area contributed by atoms with Crippen molar-refractivity contribution < 1.29 is 4.79 Å². The maximum absolute atomic E-state index is 11.0. The Bertz CT molecular complexity index is 200. The molecular weight excluding hydrogens is 256 g/mol. The van der Waals surface area contributed by atoms with Crippen LogP contribution in [0.2, 0.25) is 0 Å². The van der Waals surface area contributed by atoms with Crippen LogP contribution < -0.4 is 0 Å². The van der Waals surface area contributed by atoms with Crippen LogP contribution in [-0.2, 0) is 4.79 Å². The summed E-state index contributed by atoms with van der Waals surface area (Å²) in [5, 5.41) is 0. The number of carbonyl (C=O) groups excluding carboxylic acids is 1. The van der Waals surface area contributed by atoms with E-state index in [0.717, 1.165) is 12.8 Å². The first kappa shape index (κ1) is 20.7. The van der Waals surface area contributed by atoms with Crippen LogP contribution in [0.3, 0.4) is 0 Å².